The number of carboxylic acid groups (broad SMARTS) is 2. The molecule has 0 aromatic carbocycles. The van der Waals surface area contributed by atoms with Crippen molar-refractivity contribution in [2.24, 2.45) is 5.92 Å². The first-order chi connectivity index (χ1) is 5.54. The highest BCUT2D eigenvalue weighted by atomic mass is 16.5. The number of hydrogen-bond donors (Lipinski definition) is 2. The van der Waals surface area contributed by atoms with Crippen LogP contribution in [0.3, 0.4) is 0 Å². The molecule has 0 aromatic rings. The van der Waals surface area contributed by atoms with E-state index in [0.717, 1.165) is 0 Å². The quantitative estimate of drug-likeness (QED) is 0.584. The average molecular weight is 176 g/mol. The molecular formula is C7H12O5. The lowest BCUT2D eigenvalue weighted by Crippen LogP contribution is -2.35. The molecule has 12 heavy (non-hydrogen) atoms. The normalized spacial score (nSPS) is 12.9. The molecule has 0 saturated carbocycles. The Kier molecular flexibility index (Phi) is 4.28. The second kappa shape index (κ2) is 4.71. The van der Waals surface area contributed by atoms with Crippen LogP contribution in [0, 0.1) is 5.92 Å². The van der Waals surface area contributed by atoms with Gasteiger partial charge < -0.3 is 14.9 Å². The fourth-order valence-corrected chi connectivity index (χ4v) is 0.962. The molecular weight excluding hydrogens is 164 g/mol. The molecule has 0 aliphatic carbocycles. The van der Waals surface area contributed by atoms with E-state index in [9.17, 15) is 9.59 Å². The summed E-state index contributed by atoms with van der Waals surface area (Å²) in [5, 5.41) is 17.0. The smallest absolute Gasteiger partial charge is 0.320 e. The maximum absolute atomic E-state index is 10.4. The standard InChI is InChI=1S/C7H12O5/c1-3-4(12-2)5(6(8)9)7(10)11/h4-5H,3H2,1-2H3,(H,8,9)(H,10,11). The van der Waals surface area contributed by atoms with E-state index in [4.69, 9.17) is 14.9 Å². The molecule has 0 radical (unpaired) electrons. The van der Waals surface area contributed by atoms with E-state index >= 15 is 0 Å². The number of carboxylic acids is 2. The Morgan fingerprint density at radius 2 is 1.75 bits per heavy atom. The number of ether oxygens (including phenoxy) is 1. The van der Waals surface area contributed by atoms with E-state index in [1.54, 1.807) is 6.92 Å². The minimum Gasteiger partial charge on any atom is -0.481 e. The van der Waals surface area contributed by atoms with Crippen LogP contribution in [0.15, 0.2) is 0 Å². The maximum atomic E-state index is 10.4. The predicted molar refractivity (Wildman–Crippen MR) is 39.8 cm³/mol. The summed E-state index contributed by atoms with van der Waals surface area (Å²) in [4.78, 5) is 20.9. The summed E-state index contributed by atoms with van der Waals surface area (Å²) in [6, 6.07) is 0. The highest BCUT2D eigenvalue weighted by Gasteiger charge is 2.33. The van der Waals surface area contributed by atoms with Gasteiger partial charge in [-0.25, -0.2) is 0 Å². The highest BCUT2D eigenvalue weighted by molar-refractivity contribution is 5.93. The fourth-order valence-electron chi connectivity index (χ4n) is 0.962. The van der Waals surface area contributed by atoms with Crippen molar-refractivity contribution in [1.29, 1.82) is 0 Å². The highest BCUT2D eigenvalue weighted by Crippen LogP contribution is 2.11. The Bertz CT molecular complexity index is 159. The summed E-state index contributed by atoms with van der Waals surface area (Å²) in [7, 11) is 1.30. The summed E-state index contributed by atoms with van der Waals surface area (Å²) < 4.78 is 4.72. The molecule has 0 rings (SSSR count). The molecule has 0 amide bonds. The van der Waals surface area contributed by atoms with Gasteiger partial charge in [0.1, 0.15) is 0 Å². The zero-order valence-electron chi connectivity index (χ0n) is 6.98. The van der Waals surface area contributed by atoms with E-state index < -0.39 is 24.0 Å². The zero-order chi connectivity index (χ0) is 9.72. The van der Waals surface area contributed by atoms with Crippen LogP contribution in [0.4, 0.5) is 0 Å². The van der Waals surface area contributed by atoms with Gasteiger partial charge in [0.2, 0.25) is 0 Å². The van der Waals surface area contributed by atoms with Gasteiger partial charge in [-0.2, -0.15) is 0 Å². The van der Waals surface area contributed by atoms with Crippen molar-refractivity contribution in [1.82, 2.24) is 0 Å². The van der Waals surface area contributed by atoms with Crippen molar-refractivity contribution in [2.45, 2.75) is 19.4 Å². The minimum atomic E-state index is -1.47. The lowest BCUT2D eigenvalue weighted by molar-refractivity contribution is -0.161. The fraction of sp³-hybridized carbons (Fsp3) is 0.714. The van der Waals surface area contributed by atoms with Crippen LogP contribution in [0.2, 0.25) is 0 Å². The number of aliphatic carboxylic acids is 2. The SMILES string of the molecule is CCC(OC)C(C(=O)O)C(=O)O. The summed E-state index contributed by atoms with van der Waals surface area (Å²) >= 11 is 0. The van der Waals surface area contributed by atoms with Gasteiger partial charge in [-0.1, -0.05) is 6.92 Å². The van der Waals surface area contributed by atoms with Crippen molar-refractivity contribution in [3.63, 3.8) is 0 Å². The topological polar surface area (TPSA) is 83.8 Å². The maximum Gasteiger partial charge on any atom is 0.320 e. The zero-order valence-corrected chi connectivity index (χ0v) is 6.98. The van der Waals surface area contributed by atoms with Crippen molar-refractivity contribution in [3.8, 4) is 0 Å². The van der Waals surface area contributed by atoms with Gasteiger partial charge >= 0.3 is 11.9 Å². The van der Waals surface area contributed by atoms with Crippen LogP contribution < -0.4 is 0 Å². The molecule has 1 atom stereocenters. The third-order valence-corrected chi connectivity index (χ3v) is 1.61. The van der Waals surface area contributed by atoms with Gasteiger partial charge in [0, 0.05) is 7.11 Å². The molecule has 0 aliphatic heterocycles. The molecule has 0 aliphatic rings. The number of methoxy groups -OCH3 is 1. The Morgan fingerprint density at radius 1 is 1.33 bits per heavy atom. The molecule has 0 bridgehead atoms. The Morgan fingerprint density at radius 3 is 1.83 bits per heavy atom. The predicted octanol–water partition coefficient (Wildman–Crippen LogP) is 0.197. The third kappa shape index (κ3) is 2.50. The molecule has 5 nitrogen and oxygen atoms in total. The van der Waals surface area contributed by atoms with E-state index in [1.165, 1.54) is 7.11 Å². The number of rotatable bonds is 5. The van der Waals surface area contributed by atoms with E-state index in [1.807, 2.05) is 0 Å². The van der Waals surface area contributed by atoms with Gasteiger partial charge in [-0.3, -0.25) is 9.59 Å². The van der Waals surface area contributed by atoms with Crippen molar-refractivity contribution in [2.75, 3.05) is 7.11 Å². The van der Waals surface area contributed by atoms with Crippen molar-refractivity contribution < 1.29 is 24.5 Å². The molecule has 0 heterocycles. The number of hydrogen-bond acceptors (Lipinski definition) is 3. The second-order valence-electron chi connectivity index (χ2n) is 2.34. The molecule has 0 aromatic heterocycles. The largest absolute Gasteiger partial charge is 0.481 e. The first-order valence-electron chi connectivity index (χ1n) is 3.53. The van der Waals surface area contributed by atoms with Gasteiger partial charge in [0.25, 0.3) is 0 Å². The molecule has 0 saturated heterocycles. The summed E-state index contributed by atoms with van der Waals surface area (Å²) in [6.45, 7) is 1.67. The lowest BCUT2D eigenvalue weighted by atomic mass is 10.0. The molecule has 0 fully saturated rings. The van der Waals surface area contributed by atoms with Crippen LogP contribution >= 0.6 is 0 Å². The monoisotopic (exact) mass is 176 g/mol. The van der Waals surface area contributed by atoms with Gasteiger partial charge in [-0.05, 0) is 6.42 Å². The first-order valence-corrected chi connectivity index (χ1v) is 3.53. The van der Waals surface area contributed by atoms with E-state index in [2.05, 4.69) is 0 Å². The molecule has 5 heteroatoms. The summed E-state index contributed by atoms with van der Waals surface area (Å²) in [5.41, 5.74) is 0. The third-order valence-electron chi connectivity index (χ3n) is 1.61. The van der Waals surface area contributed by atoms with Crippen LogP contribution in [-0.2, 0) is 14.3 Å². The second-order valence-corrected chi connectivity index (χ2v) is 2.34. The van der Waals surface area contributed by atoms with Gasteiger partial charge in [0.05, 0.1) is 6.10 Å². The molecule has 2 N–H and O–H groups in total. The Labute approximate surface area is 70.0 Å². The molecule has 1 unspecified atom stereocenters. The Balaban J connectivity index is 4.47. The van der Waals surface area contributed by atoms with Crippen LogP contribution in [0.1, 0.15) is 13.3 Å². The Hall–Kier alpha value is -1.10. The minimum absolute atomic E-state index is 0.361. The van der Waals surface area contributed by atoms with Crippen molar-refractivity contribution >= 4 is 11.9 Å². The first kappa shape index (κ1) is 10.9. The van der Waals surface area contributed by atoms with Crippen LogP contribution in [0.5, 0.6) is 0 Å². The summed E-state index contributed by atoms with van der Waals surface area (Å²) in [5.74, 6) is -4.20. The van der Waals surface area contributed by atoms with Gasteiger partial charge in [0.15, 0.2) is 5.92 Å². The van der Waals surface area contributed by atoms with Gasteiger partial charge in [-0.15, -0.1) is 0 Å². The molecule has 70 valence electrons. The summed E-state index contributed by atoms with van der Waals surface area (Å²) in [6.07, 6.45) is -0.403. The average Bonchev–Trinajstić information content (AvgIpc) is 1.98. The van der Waals surface area contributed by atoms with Crippen molar-refractivity contribution in [3.05, 3.63) is 0 Å². The van der Waals surface area contributed by atoms with E-state index in [0.29, 0.717) is 6.42 Å². The van der Waals surface area contributed by atoms with Crippen LogP contribution in [0.25, 0.3) is 0 Å². The van der Waals surface area contributed by atoms with Crippen LogP contribution in [-0.4, -0.2) is 35.4 Å². The number of carbonyl (C=O) groups is 2. The molecule has 0 spiro atoms. The lowest BCUT2D eigenvalue weighted by Gasteiger charge is -2.16. The van der Waals surface area contributed by atoms with E-state index in [-0.39, 0.29) is 0 Å².